The van der Waals surface area contributed by atoms with Gasteiger partial charge in [0.1, 0.15) is 0 Å². The van der Waals surface area contributed by atoms with E-state index in [-0.39, 0.29) is 11.7 Å². The van der Waals surface area contributed by atoms with Crippen molar-refractivity contribution in [1.82, 2.24) is 15.2 Å². The lowest BCUT2D eigenvalue weighted by molar-refractivity contribution is -0.113. The maximum Gasteiger partial charge on any atom is 0.240 e. The van der Waals surface area contributed by atoms with Crippen molar-refractivity contribution in [3.8, 4) is 0 Å². The van der Waals surface area contributed by atoms with Gasteiger partial charge in [-0.05, 0) is 36.8 Å². The van der Waals surface area contributed by atoms with Crippen LogP contribution in [0.15, 0.2) is 58.8 Å². The fraction of sp³-hybridized carbons (Fsp3) is 0.200. The summed E-state index contributed by atoms with van der Waals surface area (Å²) in [4.78, 5) is 18.3. The molecular weight excluding hydrogens is 386 g/mol. The minimum atomic E-state index is -0.114. The van der Waals surface area contributed by atoms with E-state index in [0.29, 0.717) is 11.1 Å². The lowest BCUT2D eigenvalue weighted by Crippen LogP contribution is -2.14. The maximum atomic E-state index is 12.0. The van der Waals surface area contributed by atoms with Crippen molar-refractivity contribution in [1.29, 1.82) is 0 Å². The van der Waals surface area contributed by atoms with E-state index < -0.39 is 0 Å². The van der Waals surface area contributed by atoms with Crippen molar-refractivity contribution in [2.75, 3.05) is 35.5 Å². The van der Waals surface area contributed by atoms with Crippen LogP contribution in [0.2, 0.25) is 0 Å². The van der Waals surface area contributed by atoms with Gasteiger partial charge in [-0.25, -0.2) is 10.5 Å². The van der Waals surface area contributed by atoms with Gasteiger partial charge in [0, 0.05) is 25.5 Å². The molecule has 0 aliphatic carbocycles. The Morgan fingerprint density at radius 1 is 1.17 bits per heavy atom. The first-order valence-corrected chi connectivity index (χ1v) is 9.96. The molecule has 0 fully saturated rings. The Morgan fingerprint density at radius 2 is 1.90 bits per heavy atom. The molecule has 0 aliphatic heterocycles. The van der Waals surface area contributed by atoms with E-state index in [9.17, 15) is 4.79 Å². The topological polar surface area (TPSA) is 98.3 Å². The second-order valence-electron chi connectivity index (χ2n) is 6.53. The van der Waals surface area contributed by atoms with Gasteiger partial charge in [0.2, 0.25) is 17.0 Å². The van der Waals surface area contributed by atoms with E-state index in [1.165, 1.54) is 11.8 Å². The molecule has 0 aliphatic rings. The first-order valence-electron chi connectivity index (χ1n) is 8.98. The molecule has 2 aromatic carbocycles. The number of aromatic nitrogens is 3. The maximum absolute atomic E-state index is 12.0. The molecule has 29 heavy (non-hydrogen) atoms. The summed E-state index contributed by atoms with van der Waals surface area (Å²) < 4.78 is 0. The minimum absolute atomic E-state index is 0.114. The van der Waals surface area contributed by atoms with Crippen LogP contribution in [0.4, 0.5) is 17.3 Å². The molecule has 0 spiro atoms. The van der Waals surface area contributed by atoms with E-state index in [0.717, 1.165) is 22.5 Å². The van der Waals surface area contributed by atoms with E-state index in [1.54, 1.807) is 6.21 Å². The molecule has 9 heteroatoms. The predicted octanol–water partition coefficient (Wildman–Crippen LogP) is 3.36. The molecule has 0 saturated carbocycles. The van der Waals surface area contributed by atoms with Gasteiger partial charge in [0.25, 0.3) is 0 Å². The Bertz CT molecular complexity index is 965. The van der Waals surface area contributed by atoms with Crippen LogP contribution in [0.1, 0.15) is 11.1 Å². The number of nitrogens with one attached hydrogen (secondary N) is 3. The third-order valence-electron chi connectivity index (χ3n) is 3.93. The molecule has 0 saturated heterocycles. The first-order chi connectivity index (χ1) is 14.0. The summed E-state index contributed by atoms with van der Waals surface area (Å²) in [6.07, 6.45) is 1.70. The van der Waals surface area contributed by atoms with Crippen LogP contribution in [0.25, 0.3) is 0 Å². The van der Waals surface area contributed by atoms with E-state index in [1.807, 2.05) is 74.4 Å². The monoisotopic (exact) mass is 409 g/mol. The molecule has 0 atom stereocenters. The van der Waals surface area contributed by atoms with Crippen molar-refractivity contribution in [2.24, 2.45) is 5.10 Å². The van der Waals surface area contributed by atoms with Crippen molar-refractivity contribution in [3.63, 3.8) is 0 Å². The van der Waals surface area contributed by atoms with Gasteiger partial charge >= 0.3 is 0 Å². The molecule has 3 rings (SSSR count). The van der Waals surface area contributed by atoms with Gasteiger partial charge in [-0.2, -0.15) is 10.1 Å². The summed E-state index contributed by atoms with van der Waals surface area (Å²) in [6.45, 7) is 2.00. The highest BCUT2D eigenvalue weighted by Crippen LogP contribution is 2.15. The van der Waals surface area contributed by atoms with Crippen LogP contribution in [0.3, 0.4) is 0 Å². The highest BCUT2D eigenvalue weighted by molar-refractivity contribution is 7.99. The van der Waals surface area contributed by atoms with Crippen LogP contribution >= 0.6 is 11.8 Å². The number of hydrazone groups is 1. The lowest BCUT2D eigenvalue weighted by atomic mass is 10.2. The number of H-pyrrole nitrogens is 1. The minimum Gasteiger partial charge on any atom is -0.378 e. The van der Waals surface area contributed by atoms with Crippen molar-refractivity contribution in [2.45, 2.75) is 12.1 Å². The van der Waals surface area contributed by atoms with Crippen LogP contribution in [-0.4, -0.2) is 47.2 Å². The van der Waals surface area contributed by atoms with Crippen molar-refractivity contribution in [3.05, 3.63) is 59.7 Å². The molecule has 0 radical (unpaired) electrons. The van der Waals surface area contributed by atoms with Crippen molar-refractivity contribution < 1.29 is 4.79 Å². The van der Waals surface area contributed by atoms with Gasteiger partial charge in [-0.1, -0.05) is 41.6 Å². The Labute approximate surface area is 173 Å². The normalized spacial score (nSPS) is 10.9. The van der Waals surface area contributed by atoms with Crippen LogP contribution < -0.4 is 15.6 Å². The number of rotatable bonds is 8. The molecule has 8 nitrogen and oxygen atoms in total. The summed E-state index contributed by atoms with van der Waals surface area (Å²) in [6, 6.07) is 15.7. The Balaban J connectivity index is 1.45. The first kappa shape index (κ1) is 20.4. The van der Waals surface area contributed by atoms with Gasteiger partial charge in [0.15, 0.2) is 0 Å². The van der Waals surface area contributed by atoms with Crippen LogP contribution in [-0.2, 0) is 4.79 Å². The quantitative estimate of drug-likeness (QED) is 0.300. The standard InChI is InChI=1S/C20H23N7OS/c1-14-4-8-16(9-5-14)22-18(28)13-29-20-23-19(25-26-20)24-21-12-15-6-10-17(11-7-15)27(2)3/h4-12H,13H2,1-3H3,(H,22,28)(H2,23,24,25,26)/b21-12-. The summed E-state index contributed by atoms with van der Waals surface area (Å²) in [5.74, 6) is 0.511. The fourth-order valence-electron chi connectivity index (χ4n) is 2.35. The fourth-order valence-corrected chi connectivity index (χ4v) is 2.95. The number of benzene rings is 2. The molecule has 0 bridgehead atoms. The Hall–Kier alpha value is -3.33. The molecule has 1 amide bonds. The highest BCUT2D eigenvalue weighted by atomic mass is 32.2. The number of carbonyl (C=O) groups is 1. The number of amides is 1. The zero-order valence-corrected chi connectivity index (χ0v) is 17.3. The van der Waals surface area contributed by atoms with Gasteiger partial charge < -0.3 is 10.2 Å². The summed E-state index contributed by atoms with van der Waals surface area (Å²) in [5, 5.41) is 14.3. The summed E-state index contributed by atoms with van der Waals surface area (Å²) >= 11 is 1.24. The van der Waals surface area contributed by atoms with E-state index >= 15 is 0 Å². The Kier molecular flexibility index (Phi) is 6.85. The SMILES string of the molecule is Cc1ccc(NC(=O)CSc2n[nH]c(N/N=C\c3ccc(N(C)C)cc3)n2)cc1. The van der Waals surface area contributed by atoms with Gasteiger partial charge in [-0.15, -0.1) is 5.10 Å². The zero-order chi connectivity index (χ0) is 20.6. The highest BCUT2D eigenvalue weighted by Gasteiger charge is 2.08. The number of hydrogen-bond donors (Lipinski definition) is 3. The predicted molar refractivity (Wildman–Crippen MR) is 119 cm³/mol. The third-order valence-corrected chi connectivity index (χ3v) is 4.77. The molecular formula is C20H23N7OS. The van der Waals surface area contributed by atoms with Gasteiger partial charge in [0.05, 0.1) is 12.0 Å². The number of nitrogens with zero attached hydrogens (tertiary/aromatic N) is 4. The lowest BCUT2D eigenvalue weighted by Gasteiger charge is -2.11. The molecule has 0 unspecified atom stereocenters. The molecule has 150 valence electrons. The van der Waals surface area contributed by atoms with Crippen LogP contribution in [0.5, 0.6) is 0 Å². The number of aromatic amines is 1. The van der Waals surface area contributed by atoms with E-state index in [2.05, 4.69) is 31.0 Å². The second kappa shape index (κ2) is 9.74. The molecule has 3 N–H and O–H groups in total. The largest absolute Gasteiger partial charge is 0.378 e. The average molecular weight is 410 g/mol. The molecule has 1 aromatic heterocycles. The number of carbonyl (C=O) groups excluding carboxylic acids is 1. The number of aryl methyl sites for hydroxylation is 1. The van der Waals surface area contributed by atoms with E-state index in [4.69, 9.17) is 0 Å². The van der Waals surface area contributed by atoms with Gasteiger partial charge in [-0.3, -0.25) is 4.79 Å². The molecule has 1 heterocycles. The number of hydrogen-bond acceptors (Lipinski definition) is 7. The number of thioether (sulfide) groups is 1. The second-order valence-corrected chi connectivity index (χ2v) is 7.47. The summed E-state index contributed by atoms with van der Waals surface area (Å²) in [7, 11) is 3.99. The number of anilines is 3. The molecule has 3 aromatic rings. The van der Waals surface area contributed by atoms with Crippen molar-refractivity contribution >= 4 is 41.2 Å². The zero-order valence-electron chi connectivity index (χ0n) is 16.5. The Morgan fingerprint density at radius 3 is 2.59 bits per heavy atom. The smallest absolute Gasteiger partial charge is 0.240 e. The summed E-state index contributed by atoms with van der Waals surface area (Å²) in [5.41, 5.74) is 6.80. The third kappa shape index (κ3) is 6.35. The van der Waals surface area contributed by atoms with Crippen LogP contribution in [0, 0.1) is 6.92 Å². The average Bonchev–Trinajstić information content (AvgIpc) is 3.16.